The van der Waals surface area contributed by atoms with Gasteiger partial charge in [-0.05, 0) is 24.5 Å². The van der Waals surface area contributed by atoms with Gasteiger partial charge in [-0.1, -0.05) is 6.07 Å². The molecule has 6 nitrogen and oxygen atoms in total. The van der Waals surface area contributed by atoms with Gasteiger partial charge >= 0.3 is 0 Å². The Hall–Kier alpha value is -2.63. The number of hydrogen-bond acceptors (Lipinski definition) is 3. The molecular formula is C16H17N5O. The van der Waals surface area contributed by atoms with E-state index in [9.17, 15) is 4.79 Å². The number of hydrogen-bond donors (Lipinski definition) is 1. The van der Waals surface area contributed by atoms with Crippen LogP contribution >= 0.6 is 0 Å². The van der Waals surface area contributed by atoms with Crippen molar-refractivity contribution in [2.75, 3.05) is 6.54 Å². The quantitative estimate of drug-likeness (QED) is 0.797. The molecule has 6 heteroatoms. The molecule has 112 valence electrons. The molecule has 1 N–H and O–H groups in total. The van der Waals surface area contributed by atoms with Crippen LogP contribution < -0.4 is 5.32 Å². The number of carbonyl (C=O) groups excluding carboxylic acids is 1. The molecule has 4 heterocycles. The molecule has 0 spiro atoms. The first-order valence-electron chi connectivity index (χ1n) is 7.51. The Morgan fingerprint density at radius 3 is 3.14 bits per heavy atom. The summed E-state index contributed by atoms with van der Waals surface area (Å²) in [7, 11) is 0. The fourth-order valence-corrected chi connectivity index (χ4v) is 3.06. The second kappa shape index (κ2) is 5.29. The molecule has 1 amide bonds. The van der Waals surface area contributed by atoms with Crippen molar-refractivity contribution in [2.24, 2.45) is 5.92 Å². The number of carbonyl (C=O) groups is 1. The van der Waals surface area contributed by atoms with E-state index in [-0.39, 0.29) is 5.91 Å². The van der Waals surface area contributed by atoms with Gasteiger partial charge in [-0.2, -0.15) is 0 Å². The van der Waals surface area contributed by atoms with Gasteiger partial charge in [0.2, 0.25) is 0 Å². The van der Waals surface area contributed by atoms with E-state index in [1.54, 1.807) is 6.20 Å². The number of fused-ring (bicyclic) bond motifs is 2. The molecule has 0 radical (unpaired) electrons. The van der Waals surface area contributed by atoms with Crippen molar-refractivity contribution in [1.29, 1.82) is 0 Å². The number of nitrogens with zero attached hydrogens (tertiary/aromatic N) is 4. The molecule has 1 atom stereocenters. The molecule has 1 aliphatic rings. The number of rotatable bonds is 3. The van der Waals surface area contributed by atoms with Crippen molar-refractivity contribution >= 4 is 11.6 Å². The van der Waals surface area contributed by atoms with Crippen LogP contribution in [-0.2, 0) is 13.0 Å². The molecule has 0 aliphatic carbocycles. The SMILES string of the molecule is O=C(NC[C@@H]1CCc2nccn2C1)c1cccc2nccn12. The zero-order valence-corrected chi connectivity index (χ0v) is 12.1. The highest BCUT2D eigenvalue weighted by molar-refractivity contribution is 5.93. The highest BCUT2D eigenvalue weighted by atomic mass is 16.1. The molecule has 0 unspecified atom stereocenters. The minimum Gasteiger partial charge on any atom is -0.350 e. The molecule has 22 heavy (non-hydrogen) atoms. The van der Waals surface area contributed by atoms with Crippen molar-refractivity contribution in [3.05, 3.63) is 54.5 Å². The first-order chi connectivity index (χ1) is 10.8. The first kappa shape index (κ1) is 13.1. The smallest absolute Gasteiger partial charge is 0.268 e. The molecule has 4 rings (SSSR count). The summed E-state index contributed by atoms with van der Waals surface area (Å²) in [6.45, 7) is 1.60. The third kappa shape index (κ3) is 2.26. The zero-order valence-electron chi connectivity index (χ0n) is 12.1. The lowest BCUT2D eigenvalue weighted by molar-refractivity contribution is 0.0937. The van der Waals surface area contributed by atoms with Gasteiger partial charge in [-0.15, -0.1) is 0 Å². The summed E-state index contributed by atoms with van der Waals surface area (Å²) in [6, 6.07) is 5.56. The zero-order chi connectivity index (χ0) is 14.9. The van der Waals surface area contributed by atoms with Crippen LogP contribution in [0.5, 0.6) is 0 Å². The normalized spacial score (nSPS) is 17.4. The maximum atomic E-state index is 12.4. The topological polar surface area (TPSA) is 64.2 Å². The van der Waals surface area contributed by atoms with Gasteiger partial charge in [0, 0.05) is 44.3 Å². The number of aromatic nitrogens is 4. The van der Waals surface area contributed by atoms with Crippen LogP contribution in [-0.4, -0.2) is 31.4 Å². The summed E-state index contributed by atoms with van der Waals surface area (Å²) in [5.41, 5.74) is 1.41. The standard InChI is InChI=1S/C16H17N5O/c22-16(13-2-1-3-15-18-7-9-21(13)15)19-10-12-4-5-14-17-6-8-20(14)11-12/h1-3,6-9,12H,4-5,10-11H2,(H,19,22)/t12-/m0/s1. The van der Waals surface area contributed by atoms with Gasteiger partial charge in [0.25, 0.3) is 5.91 Å². The van der Waals surface area contributed by atoms with E-state index < -0.39 is 0 Å². The summed E-state index contributed by atoms with van der Waals surface area (Å²) >= 11 is 0. The van der Waals surface area contributed by atoms with E-state index in [0.717, 1.165) is 30.9 Å². The van der Waals surface area contributed by atoms with Crippen LogP contribution in [0.3, 0.4) is 0 Å². The number of imidazole rings is 2. The minimum atomic E-state index is -0.0555. The van der Waals surface area contributed by atoms with Gasteiger partial charge < -0.3 is 9.88 Å². The van der Waals surface area contributed by atoms with Crippen LogP contribution in [0.2, 0.25) is 0 Å². The number of amides is 1. The summed E-state index contributed by atoms with van der Waals surface area (Å²) in [5, 5.41) is 3.05. The first-order valence-corrected chi connectivity index (χ1v) is 7.51. The molecule has 0 bridgehead atoms. The van der Waals surface area contributed by atoms with Crippen LogP contribution in [0.15, 0.2) is 43.0 Å². The van der Waals surface area contributed by atoms with Crippen LogP contribution in [0.1, 0.15) is 22.7 Å². The van der Waals surface area contributed by atoms with E-state index in [0.29, 0.717) is 18.2 Å². The predicted octanol–water partition coefficient (Wildman–Crippen LogP) is 1.52. The fourth-order valence-electron chi connectivity index (χ4n) is 3.06. The van der Waals surface area contributed by atoms with Gasteiger partial charge in [0.05, 0.1) is 0 Å². The van der Waals surface area contributed by atoms with Crippen molar-refractivity contribution in [1.82, 2.24) is 24.3 Å². The molecule has 0 aromatic carbocycles. The van der Waals surface area contributed by atoms with E-state index in [4.69, 9.17) is 0 Å². The molecule has 3 aromatic heterocycles. The maximum absolute atomic E-state index is 12.4. The fraction of sp³-hybridized carbons (Fsp3) is 0.312. The number of nitrogens with one attached hydrogen (secondary N) is 1. The summed E-state index contributed by atoms with van der Waals surface area (Å²) in [5.74, 6) is 1.54. The van der Waals surface area contributed by atoms with E-state index in [2.05, 4.69) is 19.9 Å². The third-order valence-electron chi connectivity index (χ3n) is 4.25. The lowest BCUT2D eigenvalue weighted by atomic mass is 9.99. The van der Waals surface area contributed by atoms with Crippen molar-refractivity contribution in [3.63, 3.8) is 0 Å². The Morgan fingerprint density at radius 1 is 1.27 bits per heavy atom. The molecule has 0 saturated carbocycles. The molecular weight excluding hydrogens is 278 g/mol. The Bertz CT molecular complexity index is 819. The second-order valence-electron chi connectivity index (χ2n) is 5.68. The minimum absolute atomic E-state index is 0.0555. The Balaban J connectivity index is 1.44. The average molecular weight is 295 g/mol. The van der Waals surface area contributed by atoms with E-state index in [1.165, 1.54) is 0 Å². The largest absolute Gasteiger partial charge is 0.350 e. The average Bonchev–Trinajstić information content (AvgIpc) is 3.20. The highest BCUT2D eigenvalue weighted by Crippen LogP contribution is 2.18. The molecule has 1 aliphatic heterocycles. The highest BCUT2D eigenvalue weighted by Gasteiger charge is 2.20. The van der Waals surface area contributed by atoms with Gasteiger partial charge in [-0.25, -0.2) is 9.97 Å². The predicted molar refractivity (Wildman–Crippen MR) is 81.6 cm³/mol. The summed E-state index contributed by atoms with van der Waals surface area (Å²) in [6.07, 6.45) is 9.40. The summed E-state index contributed by atoms with van der Waals surface area (Å²) in [4.78, 5) is 20.9. The molecule has 0 fully saturated rings. The van der Waals surface area contributed by atoms with E-state index >= 15 is 0 Å². The van der Waals surface area contributed by atoms with Crippen LogP contribution in [0.25, 0.3) is 5.65 Å². The van der Waals surface area contributed by atoms with Crippen LogP contribution in [0.4, 0.5) is 0 Å². The third-order valence-corrected chi connectivity index (χ3v) is 4.25. The van der Waals surface area contributed by atoms with Gasteiger partial charge in [0.15, 0.2) is 0 Å². The number of aryl methyl sites for hydroxylation is 1. The second-order valence-corrected chi connectivity index (χ2v) is 5.68. The Morgan fingerprint density at radius 2 is 2.18 bits per heavy atom. The van der Waals surface area contributed by atoms with Gasteiger partial charge in [0.1, 0.15) is 17.2 Å². The lowest BCUT2D eigenvalue weighted by Crippen LogP contribution is -2.34. The van der Waals surface area contributed by atoms with Crippen molar-refractivity contribution in [2.45, 2.75) is 19.4 Å². The molecule has 3 aromatic rings. The van der Waals surface area contributed by atoms with Crippen molar-refractivity contribution < 1.29 is 4.79 Å². The Kier molecular flexibility index (Phi) is 3.14. The number of pyridine rings is 1. The van der Waals surface area contributed by atoms with E-state index in [1.807, 2.05) is 41.2 Å². The maximum Gasteiger partial charge on any atom is 0.268 e. The summed E-state index contributed by atoms with van der Waals surface area (Å²) < 4.78 is 3.99. The van der Waals surface area contributed by atoms with Crippen molar-refractivity contribution in [3.8, 4) is 0 Å². The lowest BCUT2D eigenvalue weighted by Gasteiger charge is -2.24. The van der Waals surface area contributed by atoms with Gasteiger partial charge in [-0.3, -0.25) is 9.20 Å². The Labute approximate surface area is 127 Å². The van der Waals surface area contributed by atoms with Crippen LogP contribution in [0, 0.1) is 5.92 Å². The molecule has 0 saturated heterocycles. The monoisotopic (exact) mass is 295 g/mol.